The summed E-state index contributed by atoms with van der Waals surface area (Å²) in [5.41, 5.74) is 5.73. The van der Waals surface area contributed by atoms with Gasteiger partial charge in [-0.05, 0) is 56.1 Å². The monoisotopic (exact) mass is 457 g/mol. The number of nitrogens with one attached hydrogen (secondary N) is 4. The average Bonchev–Trinajstić information content (AvgIpc) is 3.01. The Hall–Kier alpha value is -3.10. The Kier molecular flexibility index (Phi) is 7.29. The number of nitrogens with zero attached hydrogens (tertiary/aromatic N) is 1. The molecule has 33 heavy (non-hydrogen) atoms. The maximum atomic E-state index is 13.0. The van der Waals surface area contributed by atoms with Crippen LogP contribution in [-0.4, -0.2) is 47.3 Å². The summed E-state index contributed by atoms with van der Waals surface area (Å²) in [5.74, 6) is -0.948. The first-order valence-electron chi connectivity index (χ1n) is 11.6. The zero-order valence-corrected chi connectivity index (χ0v) is 19.9. The van der Waals surface area contributed by atoms with Gasteiger partial charge in [-0.1, -0.05) is 44.9 Å². The minimum atomic E-state index is -0.918. The summed E-state index contributed by atoms with van der Waals surface area (Å²) in [7, 11) is 0. The Morgan fingerprint density at radius 1 is 1.09 bits per heavy atom. The largest absolute Gasteiger partial charge is 0.376 e. The number of rotatable bonds is 7. The summed E-state index contributed by atoms with van der Waals surface area (Å²) in [4.78, 5) is 50.7. The number of urea groups is 1. The SMILES string of the molecule is CCC(C)(C)C1CCC2(CC1)NC(=O)N(CC(=O)NNC(=O)CNc1ccc(C)cc1)C2=O. The number of benzene rings is 1. The predicted molar refractivity (Wildman–Crippen MR) is 125 cm³/mol. The lowest BCUT2D eigenvalue weighted by molar-refractivity contribution is -0.137. The molecular weight excluding hydrogens is 422 g/mol. The van der Waals surface area contributed by atoms with Gasteiger partial charge < -0.3 is 10.6 Å². The predicted octanol–water partition coefficient (Wildman–Crippen LogP) is 2.47. The van der Waals surface area contributed by atoms with Gasteiger partial charge >= 0.3 is 6.03 Å². The normalized spacial score (nSPS) is 22.8. The van der Waals surface area contributed by atoms with Crippen molar-refractivity contribution in [1.29, 1.82) is 0 Å². The van der Waals surface area contributed by atoms with Gasteiger partial charge in [-0.2, -0.15) is 0 Å². The molecule has 9 nitrogen and oxygen atoms in total. The summed E-state index contributed by atoms with van der Waals surface area (Å²) in [5, 5.41) is 5.78. The molecule has 1 saturated heterocycles. The molecule has 5 amide bonds. The van der Waals surface area contributed by atoms with Crippen molar-refractivity contribution in [3.8, 4) is 0 Å². The van der Waals surface area contributed by atoms with E-state index in [1.54, 1.807) is 0 Å². The fourth-order valence-corrected chi connectivity index (χ4v) is 4.56. The van der Waals surface area contributed by atoms with Crippen molar-refractivity contribution in [3.05, 3.63) is 29.8 Å². The topological polar surface area (TPSA) is 120 Å². The molecule has 1 saturated carbocycles. The Labute approximate surface area is 195 Å². The quantitative estimate of drug-likeness (QED) is 0.370. The molecule has 1 aromatic carbocycles. The fourth-order valence-electron chi connectivity index (χ4n) is 4.56. The van der Waals surface area contributed by atoms with E-state index in [1.165, 1.54) is 0 Å². The van der Waals surface area contributed by atoms with Gasteiger partial charge in [0.05, 0.1) is 6.54 Å². The highest BCUT2D eigenvalue weighted by Gasteiger charge is 2.53. The summed E-state index contributed by atoms with van der Waals surface area (Å²) in [6.45, 7) is 8.15. The van der Waals surface area contributed by atoms with E-state index in [9.17, 15) is 19.2 Å². The molecule has 1 spiro atoms. The van der Waals surface area contributed by atoms with Gasteiger partial charge in [0.25, 0.3) is 17.7 Å². The molecule has 1 aliphatic heterocycles. The Balaban J connectivity index is 1.46. The molecule has 3 rings (SSSR count). The van der Waals surface area contributed by atoms with Crippen molar-refractivity contribution >= 4 is 29.4 Å². The second-order valence-corrected chi connectivity index (χ2v) is 9.84. The van der Waals surface area contributed by atoms with Crippen molar-refractivity contribution in [2.24, 2.45) is 11.3 Å². The van der Waals surface area contributed by atoms with Crippen LogP contribution in [0.1, 0.15) is 58.4 Å². The molecule has 0 radical (unpaired) electrons. The van der Waals surface area contributed by atoms with Crippen LogP contribution >= 0.6 is 0 Å². The van der Waals surface area contributed by atoms with E-state index < -0.39 is 29.9 Å². The average molecular weight is 458 g/mol. The highest BCUT2D eigenvalue weighted by molar-refractivity contribution is 6.09. The summed E-state index contributed by atoms with van der Waals surface area (Å²) >= 11 is 0. The van der Waals surface area contributed by atoms with Crippen molar-refractivity contribution in [1.82, 2.24) is 21.1 Å². The van der Waals surface area contributed by atoms with Crippen molar-refractivity contribution in [2.45, 2.75) is 65.3 Å². The lowest BCUT2D eigenvalue weighted by Crippen LogP contribution is -2.52. The first-order valence-corrected chi connectivity index (χ1v) is 11.6. The summed E-state index contributed by atoms with van der Waals surface area (Å²) < 4.78 is 0. The minimum Gasteiger partial charge on any atom is -0.376 e. The number of hydrogen-bond donors (Lipinski definition) is 4. The Morgan fingerprint density at radius 2 is 1.70 bits per heavy atom. The van der Waals surface area contributed by atoms with Crippen LogP contribution in [0.25, 0.3) is 0 Å². The number of aryl methyl sites for hydroxylation is 1. The molecule has 0 unspecified atom stereocenters. The smallest absolute Gasteiger partial charge is 0.325 e. The van der Waals surface area contributed by atoms with E-state index in [4.69, 9.17) is 0 Å². The molecule has 0 atom stereocenters. The molecule has 9 heteroatoms. The van der Waals surface area contributed by atoms with E-state index in [0.717, 1.165) is 35.4 Å². The number of amides is 5. The van der Waals surface area contributed by atoms with Gasteiger partial charge in [0.2, 0.25) is 0 Å². The number of hydrogen-bond acceptors (Lipinski definition) is 5. The standard InChI is InChI=1S/C24H35N5O4/c1-5-23(3,4)17-10-12-24(13-11-17)21(32)29(22(33)26-24)15-20(31)28-27-19(30)14-25-18-8-6-16(2)7-9-18/h6-9,17,25H,5,10-15H2,1-4H3,(H,26,33)(H,27,30)(H,28,31). The third-order valence-corrected chi connectivity index (χ3v) is 7.25. The van der Waals surface area contributed by atoms with Crippen LogP contribution in [0.15, 0.2) is 24.3 Å². The van der Waals surface area contributed by atoms with E-state index in [1.807, 2.05) is 31.2 Å². The fraction of sp³-hybridized carbons (Fsp3) is 0.583. The van der Waals surface area contributed by atoms with Crippen LogP contribution in [0.3, 0.4) is 0 Å². The molecule has 0 aromatic heterocycles. The van der Waals surface area contributed by atoms with Crippen molar-refractivity contribution in [3.63, 3.8) is 0 Å². The highest BCUT2D eigenvalue weighted by atomic mass is 16.2. The Morgan fingerprint density at radius 3 is 2.30 bits per heavy atom. The highest BCUT2D eigenvalue weighted by Crippen LogP contribution is 2.45. The number of anilines is 1. The van der Waals surface area contributed by atoms with Crippen LogP contribution in [0.2, 0.25) is 0 Å². The molecule has 1 aliphatic carbocycles. The van der Waals surface area contributed by atoms with Gasteiger partial charge in [-0.3, -0.25) is 30.1 Å². The number of imide groups is 1. The molecule has 1 aromatic rings. The van der Waals surface area contributed by atoms with Crippen LogP contribution in [-0.2, 0) is 14.4 Å². The van der Waals surface area contributed by atoms with Crippen molar-refractivity contribution in [2.75, 3.05) is 18.4 Å². The maximum Gasteiger partial charge on any atom is 0.325 e. The molecule has 2 fully saturated rings. The molecule has 4 N–H and O–H groups in total. The van der Waals surface area contributed by atoms with Crippen LogP contribution < -0.4 is 21.5 Å². The van der Waals surface area contributed by atoms with Crippen LogP contribution in [0, 0.1) is 18.3 Å². The van der Waals surface area contributed by atoms with Gasteiger partial charge in [0.1, 0.15) is 12.1 Å². The van der Waals surface area contributed by atoms with E-state index in [-0.39, 0.29) is 17.9 Å². The Bertz CT molecular complexity index is 904. The zero-order chi connectivity index (χ0) is 24.2. The molecule has 0 bridgehead atoms. The van der Waals surface area contributed by atoms with Crippen LogP contribution in [0.5, 0.6) is 0 Å². The number of hydrazine groups is 1. The minimum absolute atomic E-state index is 0.0368. The second kappa shape index (κ2) is 9.80. The first kappa shape index (κ1) is 24.5. The molecule has 2 aliphatic rings. The third-order valence-electron chi connectivity index (χ3n) is 7.25. The van der Waals surface area contributed by atoms with E-state index >= 15 is 0 Å². The van der Waals surface area contributed by atoms with Gasteiger partial charge in [-0.15, -0.1) is 0 Å². The second-order valence-electron chi connectivity index (χ2n) is 9.84. The number of carbonyl (C=O) groups is 4. The zero-order valence-electron chi connectivity index (χ0n) is 19.9. The first-order chi connectivity index (χ1) is 15.6. The van der Waals surface area contributed by atoms with Crippen molar-refractivity contribution < 1.29 is 19.2 Å². The van der Waals surface area contributed by atoms with Gasteiger partial charge in [0, 0.05) is 5.69 Å². The lowest BCUT2D eigenvalue weighted by Gasteiger charge is -2.42. The number of carbonyl (C=O) groups excluding carboxylic acids is 4. The maximum absolute atomic E-state index is 13.0. The van der Waals surface area contributed by atoms with Gasteiger partial charge in [-0.25, -0.2) is 4.79 Å². The van der Waals surface area contributed by atoms with Gasteiger partial charge in [0.15, 0.2) is 0 Å². The lowest BCUT2D eigenvalue weighted by atomic mass is 9.65. The third kappa shape index (κ3) is 5.64. The van der Waals surface area contributed by atoms with Crippen LogP contribution in [0.4, 0.5) is 10.5 Å². The van der Waals surface area contributed by atoms with E-state index in [2.05, 4.69) is 42.3 Å². The molecular formula is C24H35N5O4. The molecule has 1 heterocycles. The molecule has 180 valence electrons. The summed E-state index contributed by atoms with van der Waals surface area (Å²) in [6, 6.07) is 6.99. The van der Waals surface area contributed by atoms with E-state index in [0.29, 0.717) is 18.8 Å². The summed E-state index contributed by atoms with van der Waals surface area (Å²) in [6.07, 6.45) is 3.92.